The number of hydrogen-bond donors (Lipinski definition) is 1. The predicted octanol–water partition coefficient (Wildman–Crippen LogP) is 1.52. The van der Waals surface area contributed by atoms with Crippen LogP contribution in [0.2, 0.25) is 0 Å². The topological polar surface area (TPSA) is 64.1 Å². The van der Waals surface area contributed by atoms with Crippen molar-refractivity contribution in [1.82, 2.24) is 14.7 Å². The summed E-state index contributed by atoms with van der Waals surface area (Å²) in [4.78, 5) is 8.55. The van der Waals surface area contributed by atoms with Crippen molar-refractivity contribution in [3.8, 4) is 0 Å². The van der Waals surface area contributed by atoms with Gasteiger partial charge in [0.05, 0.1) is 33.4 Å². The number of nitrogens with one attached hydrogen (secondary N) is 1. The van der Waals surface area contributed by atoms with Crippen molar-refractivity contribution in [2.24, 2.45) is 0 Å². The second kappa shape index (κ2) is 4.96. The first kappa shape index (κ1) is 14.0. The van der Waals surface area contributed by atoms with Crippen molar-refractivity contribution in [2.45, 2.75) is 31.1 Å². The molecule has 0 saturated carbocycles. The zero-order valence-electron chi connectivity index (χ0n) is 10.6. The molecule has 5 nitrogen and oxygen atoms in total. The van der Waals surface area contributed by atoms with Crippen LogP contribution >= 0.6 is 15.9 Å². The van der Waals surface area contributed by atoms with E-state index in [-0.39, 0.29) is 4.75 Å². The number of halogens is 1. The molecule has 1 unspecified atom stereocenters. The van der Waals surface area contributed by atoms with Crippen LogP contribution < -0.4 is 4.72 Å². The van der Waals surface area contributed by atoms with Gasteiger partial charge in [0.15, 0.2) is 5.82 Å². The van der Waals surface area contributed by atoms with E-state index in [4.69, 9.17) is 4.74 Å². The molecule has 18 heavy (non-hydrogen) atoms. The smallest absolute Gasteiger partial charge is 0.153 e. The van der Waals surface area contributed by atoms with Gasteiger partial charge in [-0.1, -0.05) is 0 Å². The predicted molar refractivity (Wildman–Crippen MR) is 73.3 cm³/mol. The standard InChI is InChI=1S/C11H16BrN3O2S/c1-10(2,3)18(16)15-11(6-17-7-11)9-13-4-8(12)5-14-9/h4-5,15H,6-7H2,1-3H3. The van der Waals surface area contributed by atoms with Crippen LogP contribution in [0.1, 0.15) is 26.6 Å². The van der Waals surface area contributed by atoms with E-state index in [0.29, 0.717) is 19.0 Å². The quantitative estimate of drug-likeness (QED) is 0.910. The Morgan fingerprint density at radius 3 is 2.33 bits per heavy atom. The van der Waals surface area contributed by atoms with Gasteiger partial charge in [-0.3, -0.25) is 0 Å². The highest BCUT2D eigenvalue weighted by molar-refractivity contribution is 9.10. The van der Waals surface area contributed by atoms with Gasteiger partial charge >= 0.3 is 0 Å². The number of nitrogens with zero attached hydrogens (tertiary/aromatic N) is 2. The molecule has 0 aliphatic carbocycles. The third kappa shape index (κ3) is 2.79. The molecular formula is C11H16BrN3O2S. The van der Waals surface area contributed by atoms with Crippen LogP contribution in [0.25, 0.3) is 0 Å². The van der Waals surface area contributed by atoms with Gasteiger partial charge in [0.25, 0.3) is 0 Å². The largest absolute Gasteiger partial charge is 0.376 e. The maximum Gasteiger partial charge on any atom is 0.153 e. The molecule has 1 aromatic rings. The molecule has 0 radical (unpaired) electrons. The minimum atomic E-state index is -1.18. The lowest BCUT2D eigenvalue weighted by Crippen LogP contribution is -2.60. The summed E-state index contributed by atoms with van der Waals surface area (Å²) in [5.41, 5.74) is -0.529. The van der Waals surface area contributed by atoms with Crippen molar-refractivity contribution in [3.63, 3.8) is 0 Å². The molecule has 1 N–H and O–H groups in total. The SMILES string of the molecule is CC(C)(C)S(=O)NC1(c2ncc(Br)cn2)COC1. The summed E-state index contributed by atoms with van der Waals surface area (Å²) in [7, 11) is -1.18. The lowest BCUT2D eigenvalue weighted by molar-refractivity contribution is -0.0704. The zero-order chi connectivity index (χ0) is 13.4. The van der Waals surface area contributed by atoms with Crippen LogP contribution in [0.4, 0.5) is 0 Å². The van der Waals surface area contributed by atoms with Gasteiger partial charge in [0.2, 0.25) is 0 Å². The molecule has 0 amide bonds. The molecule has 1 aromatic heterocycles. The first-order valence-electron chi connectivity index (χ1n) is 5.59. The van der Waals surface area contributed by atoms with E-state index in [1.807, 2.05) is 20.8 Å². The lowest BCUT2D eigenvalue weighted by Gasteiger charge is -2.41. The van der Waals surface area contributed by atoms with Gasteiger partial charge in [-0.2, -0.15) is 0 Å². The molecule has 1 aliphatic rings. The van der Waals surface area contributed by atoms with Crippen molar-refractivity contribution in [1.29, 1.82) is 0 Å². The van der Waals surface area contributed by atoms with Crippen LogP contribution in [-0.4, -0.2) is 32.1 Å². The number of ether oxygens (including phenoxy) is 1. The number of rotatable bonds is 3. The first-order chi connectivity index (χ1) is 8.33. The van der Waals surface area contributed by atoms with Crippen LogP contribution in [-0.2, 0) is 21.3 Å². The highest BCUT2D eigenvalue weighted by Crippen LogP contribution is 2.29. The Kier molecular flexibility index (Phi) is 3.87. The number of aromatic nitrogens is 2. The van der Waals surface area contributed by atoms with E-state index in [1.54, 1.807) is 12.4 Å². The van der Waals surface area contributed by atoms with E-state index in [9.17, 15) is 4.21 Å². The van der Waals surface area contributed by atoms with E-state index in [0.717, 1.165) is 4.47 Å². The highest BCUT2D eigenvalue weighted by atomic mass is 79.9. The summed E-state index contributed by atoms with van der Waals surface area (Å²) in [5, 5.41) is 0. The van der Waals surface area contributed by atoms with Gasteiger partial charge in [0, 0.05) is 12.4 Å². The van der Waals surface area contributed by atoms with Gasteiger partial charge in [-0.05, 0) is 36.7 Å². The average molecular weight is 334 g/mol. The van der Waals surface area contributed by atoms with Gasteiger partial charge in [-0.25, -0.2) is 18.9 Å². The van der Waals surface area contributed by atoms with Crippen molar-refractivity contribution >= 4 is 26.9 Å². The van der Waals surface area contributed by atoms with E-state index in [2.05, 4.69) is 30.6 Å². The molecule has 1 atom stereocenters. The van der Waals surface area contributed by atoms with Crippen molar-refractivity contribution in [3.05, 3.63) is 22.7 Å². The number of hydrogen-bond acceptors (Lipinski definition) is 4. The molecular weight excluding hydrogens is 318 g/mol. The third-order valence-electron chi connectivity index (χ3n) is 2.59. The molecule has 2 heterocycles. The average Bonchev–Trinajstić information content (AvgIpc) is 2.23. The molecule has 0 spiro atoms. The summed E-state index contributed by atoms with van der Waals surface area (Å²) >= 11 is 3.30. The van der Waals surface area contributed by atoms with Crippen LogP contribution in [0.5, 0.6) is 0 Å². The van der Waals surface area contributed by atoms with Gasteiger partial charge in [0.1, 0.15) is 5.54 Å². The summed E-state index contributed by atoms with van der Waals surface area (Å²) in [6.07, 6.45) is 3.37. The molecule has 1 aliphatic heterocycles. The molecule has 0 bridgehead atoms. The van der Waals surface area contributed by atoms with Gasteiger partial charge in [-0.15, -0.1) is 0 Å². The van der Waals surface area contributed by atoms with E-state index < -0.39 is 16.5 Å². The molecule has 2 rings (SSSR count). The Morgan fingerprint density at radius 2 is 1.94 bits per heavy atom. The monoisotopic (exact) mass is 333 g/mol. The van der Waals surface area contributed by atoms with E-state index in [1.165, 1.54) is 0 Å². The third-order valence-corrected chi connectivity index (χ3v) is 4.69. The summed E-state index contributed by atoms with van der Waals surface area (Å²) in [6, 6.07) is 0. The van der Waals surface area contributed by atoms with Crippen molar-refractivity contribution in [2.75, 3.05) is 13.2 Å². The fourth-order valence-electron chi connectivity index (χ4n) is 1.43. The minimum absolute atomic E-state index is 0.335. The zero-order valence-corrected chi connectivity index (χ0v) is 13.0. The fourth-order valence-corrected chi connectivity index (χ4v) is 2.50. The Balaban J connectivity index is 2.21. The molecule has 1 saturated heterocycles. The van der Waals surface area contributed by atoms with Crippen molar-refractivity contribution < 1.29 is 8.95 Å². The normalized spacial score (nSPS) is 20.2. The summed E-state index contributed by atoms with van der Waals surface area (Å²) < 4.78 is 21.0. The summed E-state index contributed by atoms with van der Waals surface area (Å²) in [5.74, 6) is 0.620. The second-order valence-electron chi connectivity index (χ2n) is 5.28. The van der Waals surface area contributed by atoms with Crippen LogP contribution in [0.3, 0.4) is 0 Å². The van der Waals surface area contributed by atoms with Gasteiger partial charge < -0.3 is 4.74 Å². The Hall–Kier alpha value is -0.370. The Morgan fingerprint density at radius 1 is 1.39 bits per heavy atom. The van der Waals surface area contributed by atoms with Crippen LogP contribution in [0, 0.1) is 0 Å². The molecule has 1 fully saturated rings. The summed E-state index contributed by atoms with van der Waals surface area (Å²) in [6.45, 7) is 6.65. The maximum atomic E-state index is 12.2. The second-order valence-corrected chi connectivity index (χ2v) is 8.16. The fraction of sp³-hybridized carbons (Fsp3) is 0.636. The molecule has 7 heteroatoms. The van der Waals surface area contributed by atoms with Crippen LogP contribution in [0.15, 0.2) is 16.9 Å². The lowest BCUT2D eigenvalue weighted by atomic mass is 9.98. The molecule has 100 valence electrons. The molecule has 0 aromatic carbocycles. The highest BCUT2D eigenvalue weighted by Gasteiger charge is 2.45. The Bertz CT molecular complexity index is 454. The maximum absolute atomic E-state index is 12.2. The van der Waals surface area contributed by atoms with E-state index >= 15 is 0 Å². The first-order valence-corrected chi connectivity index (χ1v) is 7.53. The Labute approximate surface area is 117 Å². The minimum Gasteiger partial charge on any atom is -0.376 e.